The van der Waals surface area contributed by atoms with Gasteiger partial charge in [-0.3, -0.25) is 4.79 Å². The third kappa shape index (κ3) is 14.3. The van der Waals surface area contributed by atoms with Crippen molar-refractivity contribution in [3.63, 3.8) is 0 Å². The Labute approximate surface area is 391 Å². The standard InChI is InChI=1S/C31H36O5.C26H28O4/c1-7-27(22-11-9-8-10-12-22)29(23-13-17-25(18-14-23)35-21-28(33-5)34-6)24-15-19-26(20-16-24)36-30(32)31(2,3)4;1-4-24(19-8-6-5-7-9-19)26(20-10-14-22(27)15-11-20)21-12-16-23(17-13-21)30-18-25(28-2)29-3/h8-20,28H,7,21H2,1-6H3;5-17,25,27H,4,18H2,1-3H3/b29-27+;26-24-. The van der Waals surface area contributed by atoms with Crippen molar-refractivity contribution >= 4 is 28.3 Å². The van der Waals surface area contributed by atoms with E-state index in [0.29, 0.717) is 19.0 Å². The molecule has 0 aliphatic heterocycles. The molecule has 0 aromatic heterocycles. The van der Waals surface area contributed by atoms with Crippen LogP contribution in [0.25, 0.3) is 22.3 Å². The summed E-state index contributed by atoms with van der Waals surface area (Å²) in [7, 11) is 6.35. The van der Waals surface area contributed by atoms with Crippen molar-refractivity contribution < 1.29 is 43.1 Å². The number of ether oxygens (including phenoxy) is 7. The molecule has 0 aliphatic carbocycles. The first-order valence-electron chi connectivity index (χ1n) is 22.2. The number of rotatable bonds is 19. The van der Waals surface area contributed by atoms with E-state index < -0.39 is 18.0 Å². The lowest BCUT2D eigenvalue weighted by molar-refractivity contribution is -0.143. The van der Waals surface area contributed by atoms with Gasteiger partial charge in [-0.1, -0.05) is 123 Å². The van der Waals surface area contributed by atoms with Gasteiger partial charge in [-0.15, -0.1) is 0 Å². The second-order valence-electron chi connectivity index (χ2n) is 16.3. The van der Waals surface area contributed by atoms with Gasteiger partial charge in [0.25, 0.3) is 0 Å². The van der Waals surface area contributed by atoms with Gasteiger partial charge in [-0.25, -0.2) is 0 Å². The van der Waals surface area contributed by atoms with Crippen LogP contribution in [-0.4, -0.2) is 65.3 Å². The molecule has 0 heterocycles. The first-order chi connectivity index (χ1) is 31.9. The molecule has 0 saturated heterocycles. The van der Waals surface area contributed by atoms with Crippen molar-refractivity contribution in [1.82, 2.24) is 0 Å². The normalized spacial score (nSPS) is 12.2. The molecule has 0 aliphatic rings. The third-order valence-corrected chi connectivity index (χ3v) is 10.8. The lowest BCUT2D eigenvalue weighted by Crippen LogP contribution is -2.25. The number of esters is 1. The average molecular weight is 893 g/mol. The van der Waals surface area contributed by atoms with Gasteiger partial charge in [-0.2, -0.15) is 0 Å². The Hall–Kier alpha value is -6.49. The summed E-state index contributed by atoms with van der Waals surface area (Å²) in [6.45, 7) is 10.5. The van der Waals surface area contributed by atoms with Crippen LogP contribution >= 0.6 is 0 Å². The lowest BCUT2D eigenvalue weighted by atomic mass is 9.88. The molecule has 0 unspecified atom stereocenters. The maximum Gasteiger partial charge on any atom is 0.316 e. The molecule has 0 spiro atoms. The first-order valence-corrected chi connectivity index (χ1v) is 22.2. The lowest BCUT2D eigenvalue weighted by Gasteiger charge is -2.19. The Kier molecular flexibility index (Phi) is 19.3. The van der Waals surface area contributed by atoms with Crippen LogP contribution in [0.5, 0.6) is 23.0 Å². The predicted molar refractivity (Wildman–Crippen MR) is 264 cm³/mol. The Balaban J connectivity index is 0.000000251. The number of allylic oxidation sites excluding steroid dienone is 2. The number of phenols is 1. The van der Waals surface area contributed by atoms with Crippen LogP contribution < -0.4 is 14.2 Å². The molecule has 9 nitrogen and oxygen atoms in total. The van der Waals surface area contributed by atoms with Crippen LogP contribution in [0.15, 0.2) is 158 Å². The number of aromatic hydroxyl groups is 1. The maximum atomic E-state index is 12.3. The van der Waals surface area contributed by atoms with Gasteiger partial charge < -0.3 is 38.3 Å². The highest BCUT2D eigenvalue weighted by Gasteiger charge is 2.24. The molecule has 0 saturated carbocycles. The van der Waals surface area contributed by atoms with Gasteiger partial charge in [0.15, 0.2) is 12.6 Å². The summed E-state index contributed by atoms with van der Waals surface area (Å²) in [5.74, 6) is 2.01. The molecule has 346 valence electrons. The molecule has 66 heavy (non-hydrogen) atoms. The highest BCUT2D eigenvalue weighted by Crippen LogP contribution is 2.37. The van der Waals surface area contributed by atoms with Crippen molar-refractivity contribution in [1.29, 1.82) is 0 Å². The third-order valence-electron chi connectivity index (χ3n) is 10.8. The zero-order chi connectivity index (χ0) is 47.5. The number of benzene rings is 6. The first kappa shape index (κ1) is 50.5. The van der Waals surface area contributed by atoms with Gasteiger partial charge in [0, 0.05) is 28.4 Å². The van der Waals surface area contributed by atoms with Crippen molar-refractivity contribution in [2.24, 2.45) is 5.41 Å². The summed E-state index contributed by atoms with van der Waals surface area (Å²) >= 11 is 0. The number of carbonyl (C=O) groups is 1. The van der Waals surface area contributed by atoms with Gasteiger partial charge in [0.1, 0.15) is 36.2 Å². The number of phenolic OH excluding ortho intramolecular Hbond substituents is 1. The Morgan fingerprint density at radius 3 is 1.08 bits per heavy atom. The molecule has 0 bridgehead atoms. The quantitative estimate of drug-likeness (QED) is 0.0368. The fourth-order valence-corrected chi connectivity index (χ4v) is 7.17. The second-order valence-corrected chi connectivity index (χ2v) is 16.3. The topological polar surface area (TPSA) is 102 Å². The van der Waals surface area contributed by atoms with Crippen LogP contribution in [0, 0.1) is 5.41 Å². The highest BCUT2D eigenvalue weighted by atomic mass is 16.7. The van der Waals surface area contributed by atoms with Crippen molar-refractivity contribution in [2.75, 3.05) is 41.7 Å². The van der Waals surface area contributed by atoms with Gasteiger partial charge in [0.05, 0.1) is 5.41 Å². The summed E-state index contributed by atoms with van der Waals surface area (Å²) in [5, 5.41) is 9.75. The molecule has 6 aromatic carbocycles. The Morgan fingerprint density at radius 2 is 0.773 bits per heavy atom. The number of methoxy groups -OCH3 is 4. The van der Waals surface area contributed by atoms with E-state index in [0.717, 1.165) is 57.7 Å². The molecule has 1 N–H and O–H groups in total. The minimum Gasteiger partial charge on any atom is -0.508 e. The highest BCUT2D eigenvalue weighted by molar-refractivity contribution is 5.99. The zero-order valence-electron chi connectivity index (χ0n) is 39.7. The van der Waals surface area contributed by atoms with E-state index in [1.54, 1.807) is 40.6 Å². The zero-order valence-corrected chi connectivity index (χ0v) is 39.7. The van der Waals surface area contributed by atoms with Gasteiger partial charge in [0.2, 0.25) is 0 Å². The summed E-state index contributed by atoms with van der Waals surface area (Å²) in [6.07, 6.45) is 0.904. The van der Waals surface area contributed by atoms with E-state index in [2.05, 4.69) is 86.6 Å². The number of hydrogen-bond donors (Lipinski definition) is 1. The molecule has 0 amide bonds. The largest absolute Gasteiger partial charge is 0.508 e. The van der Waals surface area contributed by atoms with E-state index in [4.69, 9.17) is 33.2 Å². The maximum absolute atomic E-state index is 12.3. The average Bonchev–Trinajstić information content (AvgIpc) is 3.35. The molecule has 6 rings (SSSR count). The molecule has 0 fully saturated rings. The molecular weight excluding hydrogens is 829 g/mol. The fraction of sp³-hybridized carbons (Fsp3) is 0.281. The molecule has 0 atom stereocenters. The second kappa shape index (κ2) is 25.3. The van der Waals surface area contributed by atoms with Gasteiger partial charge in [-0.05, 0) is 138 Å². The van der Waals surface area contributed by atoms with Crippen LogP contribution in [-0.2, 0) is 23.7 Å². The monoisotopic (exact) mass is 892 g/mol. The van der Waals surface area contributed by atoms with E-state index in [9.17, 15) is 9.90 Å². The molecular formula is C57H64O9. The summed E-state index contributed by atoms with van der Waals surface area (Å²) in [5.41, 5.74) is 10.8. The summed E-state index contributed by atoms with van der Waals surface area (Å²) in [6, 6.07) is 51.9. The van der Waals surface area contributed by atoms with Crippen molar-refractivity contribution in [3.8, 4) is 23.0 Å². The van der Waals surface area contributed by atoms with E-state index >= 15 is 0 Å². The van der Waals surface area contributed by atoms with E-state index in [-0.39, 0.29) is 11.7 Å². The minimum atomic E-state index is -0.567. The fourth-order valence-electron chi connectivity index (χ4n) is 7.17. The van der Waals surface area contributed by atoms with Crippen molar-refractivity contribution in [2.45, 2.75) is 60.0 Å². The smallest absolute Gasteiger partial charge is 0.316 e. The van der Waals surface area contributed by atoms with Crippen LogP contribution in [0.4, 0.5) is 0 Å². The summed E-state index contributed by atoms with van der Waals surface area (Å²) < 4.78 is 37.9. The van der Waals surface area contributed by atoms with E-state index in [1.165, 1.54) is 22.3 Å². The van der Waals surface area contributed by atoms with Crippen LogP contribution in [0.3, 0.4) is 0 Å². The van der Waals surface area contributed by atoms with Crippen LogP contribution in [0.1, 0.15) is 80.8 Å². The van der Waals surface area contributed by atoms with Crippen LogP contribution in [0.2, 0.25) is 0 Å². The minimum absolute atomic E-state index is 0.255. The SMILES string of the molecule is CC/C(=C(/c1ccc(OCC(OC)OC)cc1)c1ccc(OC(=O)C(C)(C)C)cc1)c1ccccc1.CC/C(=C(\c1ccc(O)cc1)c1ccc(OCC(OC)OC)cc1)c1ccccc1. The molecule has 9 heteroatoms. The van der Waals surface area contributed by atoms with E-state index in [1.807, 2.05) is 93.6 Å². The predicted octanol–water partition coefficient (Wildman–Crippen LogP) is 12.8. The number of hydrogen-bond acceptors (Lipinski definition) is 9. The van der Waals surface area contributed by atoms with Gasteiger partial charge >= 0.3 is 5.97 Å². The molecule has 6 aromatic rings. The Bertz CT molecular complexity index is 2430. The van der Waals surface area contributed by atoms with Crippen molar-refractivity contribution in [3.05, 3.63) is 191 Å². The Morgan fingerprint density at radius 1 is 0.455 bits per heavy atom. The summed E-state index contributed by atoms with van der Waals surface area (Å²) in [4.78, 5) is 12.3. The molecule has 0 radical (unpaired) electrons. The number of carbonyl (C=O) groups excluding carboxylic acids is 1.